The molecule has 2 nitrogen and oxygen atoms in total. The van der Waals surface area contributed by atoms with Crippen LogP contribution in [0.4, 0.5) is 5.69 Å². The number of nitrogen functional groups attached to an aromatic ring is 1. The highest BCUT2D eigenvalue weighted by molar-refractivity contribution is 6.30. The molecule has 0 aliphatic rings. The Labute approximate surface area is 99.3 Å². The molecule has 2 aromatic carbocycles. The fraction of sp³-hybridized carbons (Fsp3) is 0.0769. The van der Waals surface area contributed by atoms with Crippen molar-refractivity contribution in [2.75, 3.05) is 5.73 Å². The van der Waals surface area contributed by atoms with E-state index < -0.39 is 0 Å². The van der Waals surface area contributed by atoms with Crippen molar-refractivity contribution in [3.05, 3.63) is 47.0 Å². The van der Waals surface area contributed by atoms with Crippen LogP contribution in [0.5, 0.6) is 5.75 Å². The molecule has 0 aromatic heterocycles. The Bertz CT molecular complexity index is 537. The molecule has 0 spiro atoms. The van der Waals surface area contributed by atoms with E-state index in [1.54, 1.807) is 12.1 Å². The summed E-state index contributed by atoms with van der Waals surface area (Å²) in [5.74, 6) is 0.104. The average Bonchev–Trinajstić information content (AvgIpc) is 2.22. The highest BCUT2D eigenvalue weighted by Crippen LogP contribution is 2.30. The van der Waals surface area contributed by atoms with Crippen molar-refractivity contribution in [3.8, 4) is 16.9 Å². The summed E-state index contributed by atoms with van der Waals surface area (Å²) in [6, 6.07) is 10.9. The Balaban J connectivity index is 2.54. The van der Waals surface area contributed by atoms with Gasteiger partial charge < -0.3 is 10.8 Å². The van der Waals surface area contributed by atoms with E-state index in [-0.39, 0.29) is 5.75 Å². The minimum atomic E-state index is 0.104. The highest BCUT2D eigenvalue weighted by atomic mass is 35.5. The van der Waals surface area contributed by atoms with E-state index in [2.05, 4.69) is 0 Å². The van der Waals surface area contributed by atoms with Gasteiger partial charge in [-0.1, -0.05) is 23.7 Å². The van der Waals surface area contributed by atoms with Crippen LogP contribution >= 0.6 is 11.6 Å². The van der Waals surface area contributed by atoms with Crippen molar-refractivity contribution in [2.45, 2.75) is 6.92 Å². The van der Waals surface area contributed by atoms with Crippen LogP contribution in [-0.4, -0.2) is 5.11 Å². The molecular formula is C13H12ClNO. The smallest absolute Gasteiger partial charge is 0.139 e. The van der Waals surface area contributed by atoms with Gasteiger partial charge in [-0.15, -0.1) is 0 Å². The molecule has 0 aliphatic carbocycles. The van der Waals surface area contributed by atoms with E-state index in [1.165, 1.54) is 0 Å². The van der Waals surface area contributed by atoms with Crippen LogP contribution in [-0.2, 0) is 0 Å². The lowest BCUT2D eigenvalue weighted by molar-refractivity contribution is 0.478. The van der Waals surface area contributed by atoms with E-state index >= 15 is 0 Å². The molecule has 0 amide bonds. The summed E-state index contributed by atoms with van der Waals surface area (Å²) in [7, 11) is 0. The van der Waals surface area contributed by atoms with Crippen LogP contribution in [0.2, 0.25) is 5.02 Å². The number of aromatic hydroxyl groups is 1. The Kier molecular flexibility index (Phi) is 2.75. The zero-order valence-electron chi connectivity index (χ0n) is 8.87. The number of rotatable bonds is 1. The quantitative estimate of drug-likeness (QED) is 0.584. The number of phenols is 1. The first-order valence-corrected chi connectivity index (χ1v) is 5.31. The molecule has 16 heavy (non-hydrogen) atoms. The molecule has 0 fully saturated rings. The van der Waals surface area contributed by atoms with Crippen LogP contribution in [0.1, 0.15) is 5.56 Å². The van der Waals surface area contributed by atoms with Crippen molar-refractivity contribution in [2.24, 2.45) is 0 Å². The molecule has 0 radical (unpaired) electrons. The molecule has 2 rings (SSSR count). The van der Waals surface area contributed by atoms with E-state index in [4.69, 9.17) is 17.3 Å². The van der Waals surface area contributed by atoms with E-state index in [9.17, 15) is 5.11 Å². The average molecular weight is 234 g/mol. The van der Waals surface area contributed by atoms with Gasteiger partial charge in [0.1, 0.15) is 5.75 Å². The lowest BCUT2D eigenvalue weighted by Gasteiger charge is -2.08. The summed E-state index contributed by atoms with van der Waals surface area (Å²) >= 11 is 5.89. The summed E-state index contributed by atoms with van der Waals surface area (Å²) in [6.07, 6.45) is 0. The normalized spacial score (nSPS) is 10.4. The number of benzene rings is 2. The maximum absolute atomic E-state index is 9.56. The van der Waals surface area contributed by atoms with Gasteiger partial charge in [-0.25, -0.2) is 0 Å². The minimum Gasteiger partial charge on any atom is -0.506 e. The molecule has 0 unspecified atom stereocenters. The Morgan fingerprint density at radius 1 is 1.12 bits per heavy atom. The second kappa shape index (κ2) is 4.06. The molecule has 2 aromatic rings. The molecule has 0 atom stereocenters. The lowest BCUT2D eigenvalue weighted by atomic mass is 10.0. The maximum Gasteiger partial charge on any atom is 0.139 e. The van der Waals surface area contributed by atoms with Gasteiger partial charge in [-0.3, -0.25) is 0 Å². The Morgan fingerprint density at radius 2 is 1.88 bits per heavy atom. The molecule has 0 heterocycles. The van der Waals surface area contributed by atoms with Crippen LogP contribution in [0.3, 0.4) is 0 Å². The number of halogens is 1. The summed E-state index contributed by atoms with van der Waals surface area (Å²) in [6.45, 7) is 1.98. The molecule has 0 saturated heterocycles. The van der Waals surface area contributed by atoms with Crippen molar-refractivity contribution in [1.29, 1.82) is 0 Å². The van der Waals surface area contributed by atoms with Crippen LogP contribution in [0.15, 0.2) is 36.4 Å². The summed E-state index contributed by atoms with van der Waals surface area (Å²) in [5.41, 5.74) is 8.98. The fourth-order valence-corrected chi connectivity index (χ4v) is 1.89. The first-order chi connectivity index (χ1) is 7.58. The zero-order valence-corrected chi connectivity index (χ0v) is 9.62. The molecule has 0 bridgehead atoms. The van der Waals surface area contributed by atoms with Gasteiger partial charge >= 0.3 is 0 Å². The predicted octanol–water partition coefficient (Wildman–Crippen LogP) is 3.60. The van der Waals surface area contributed by atoms with E-state index in [0.717, 1.165) is 16.7 Å². The number of nitrogens with two attached hydrogens (primary N) is 1. The Morgan fingerprint density at radius 3 is 2.50 bits per heavy atom. The summed E-state index contributed by atoms with van der Waals surface area (Å²) in [5, 5.41) is 10.3. The monoisotopic (exact) mass is 233 g/mol. The molecule has 0 saturated carbocycles. The van der Waals surface area contributed by atoms with Crippen LogP contribution in [0.25, 0.3) is 11.1 Å². The van der Waals surface area contributed by atoms with Crippen LogP contribution < -0.4 is 5.73 Å². The molecule has 82 valence electrons. The largest absolute Gasteiger partial charge is 0.506 e. The van der Waals surface area contributed by atoms with Gasteiger partial charge in [0.15, 0.2) is 0 Å². The lowest BCUT2D eigenvalue weighted by Crippen LogP contribution is -1.87. The van der Waals surface area contributed by atoms with Crippen molar-refractivity contribution in [1.82, 2.24) is 0 Å². The van der Waals surface area contributed by atoms with Gasteiger partial charge in [0.25, 0.3) is 0 Å². The van der Waals surface area contributed by atoms with E-state index in [1.807, 2.05) is 31.2 Å². The summed E-state index contributed by atoms with van der Waals surface area (Å²) < 4.78 is 0. The van der Waals surface area contributed by atoms with Gasteiger partial charge in [0.05, 0.1) is 5.69 Å². The topological polar surface area (TPSA) is 46.2 Å². The molecule has 3 N–H and O–H groups in total. The minimum absolute atomic E-state index is 0.104. The van der Waals surface area contributed by atoms with Gasteiger partial charge in [0, 0.05) is 5.02 Å². The third kappa shape index (κ3) is 1.97. The number of aryl methyl sites for hydroxylation is 1. The second-order valence-corrected chi connectivity index (χ2v) is 4.17. The standard InChI is InChI=1S/C13H12ClNO/c1-8-6-10(14)3-4-11(8)9-2-5-12(15)13(16)7-9/h2-7,16H,15H2,1H3. The SMILES string of the molecule is Cc1cc(Cl)ccc1-c1ccc(N)c(O)c1. The number of hydrogen-bond donors (Lipinski definition) is 2. The first kappa shape index (κ1) is 10.8. The van der Waals surface area contributed by atoms with Gasteiger partial charge in [-0.05, 0) is 47.9 Å². The van der Waals surface area contributed by atoms with Crippen molar-refractivity contribution >= 4 is 17.3 Å². The third-order valence-electron chi connectivity index (χ3n) is 2.53. The van der Waals surface area contributed by atoms with Gasteiger partial charge in [-0.2, -0.15) is 0 Å². The van der Waals surface area contributed by atoms with Crippen molar-refractivity contribution < 1.29 is 5.11 Å². The van der Waals surface area contributed by atoms with Gasteiger partial charge in [0.2, 0.25) is 0 Å². The fourth-order valence-electron chi connectivity index (χ4n) is 1.66. The molecular weight excluding hydrogens is 222 g/mol. The predicted molar refractivity (Wildman–Crippen MR) is 67.7 cm³/mol. The summed E-state index contributed by atoms with van der Waals surface area (Å²) in [4.78, 5) is 0. The molecule has 3 heteroatoms. The Hall–Kier alpha value is -1.67. The zero-order chi connectivity index (χ0) is 11.7. The highest BCUT2D eigenvalue weighted by Gasteiger charge is 2.05. The maximum atomic E-state index is 9.56. The molecule has 0 aliphatic heterocycles. The number of anilines is 1. The van der Waals surface area contributed by atoms with Crippen molar-refractivity contribution in [3.63, 3.8) is 0 Å². The number of phenolic OH excluding ortho intramolecular Hbond substituents is 1. The van der Waals surface area contributed by atoms with E-state index in [0.29, 0.717) is 10.7 Å². The number of hydrogen-bond acceptors (Lipinski definition) is 2. The third-order valence-corrected chi connectivity index (χ3v) is 2.76. The first-order valence-electron chi connectivity index (χ1n) is 4.93. The van der Waals surface area contributed by atoms with Crippen LogP contribution in [0, 0.1) is 6.92 Å². The second-order valence-electron chi connectivity index (χ2n) is 3.73.